The summed E-state index contributed by atoms with van der Waals surface area (Å²) in [5.41, 5.74) is 0.753. The summed E-state index contributed by atoms with van der Waals surface area (Å²) in [4.78, 5) is 11.0. The van der Waals surface area contributed by atoms with Crippen LogP contribution in [0.25, 0.3) is 6.08 Å². The molecule has 0 radical (unpaired) electrons. The number of halogens is 2. The van der Waals surface area contributed by atoms with Crippen molar-refractivity contribution in [1.29, 1.82) is 0 Å². The number of carbonyl (C=O) groups excluding carboxylic acids is 1. The second-order valence-corrected chi connectivity index (χ2v) is 3.52. The zero-order valence-corrected chi connectivity index (χ0v) is 9.68. The summed E-state index contributed by atoms with van der Waals surface area (Å²) in [6, 6.07) is 5.19. The molecule has 0 fully saturated rings. The van der Waals surface area contributed by atoms with Gasteiger partial charge in [0.2, 0.25) is 0 Å². The molecule has 0 unspecified atom stereocenters. The number of hydrogen-bond acceptors (Lipinski definition) is 2. The minimum atomic E-state index is -0.154. The van der Waals surface area contributed by atoms with E-state index in [0.29, 0.717) is 10.8 Å². The van der Waals surface area contributed by atoms with Crippen molar-refractivity contribution >= 4 is 35.1 Å². The number of ketones is 1. The number of ether oxygens (including phenoxy) is 1. The second-order valence-electron chi connectivity index (χ2n) is 2.82. The van der Waals surface area contributed by atoms with Crippen LogP contribution in [0.5, 0.6) is 5.75 Å². The Hall–Kier alpha value is -0.990. The van der Waals surface area contributed by atoms with E-state index in [4.69, 9.17) is 27.9 Å². The van der Waals surface area contributed by atoms with Crippen molar-refractivity contribution in [1.82, 2.24) is 0 Å². The molecule has 0 N–H and O–H groups in total. The van der Waals surface area contributed by atoms with Crippen molar-refractivity contribution in [3.63, 3.8) is 0 Å². The first-order valence-electron chi connectivity index (χ1n) is 4.28. The highest BCUT2D eigenvalue weighted by atomic mass is 35.5. The molecule has 0 aliphatic carbocycles. The van der Waals surface area contributed by atoms with Gasteiger partial charge >= 0.3 is 0 Å². The fraction of sp³-hybridized carbons (Fsp3) is 0.182. The third-order valence-corrected chi connectivity index (χ3v) is 2.27. The highest BCUT2D eigenvalue weighted by Gasteiger charge is 2.01. The Morgan fingerprint density at radius 2 is 2.27 bits per heavy atom. The van der Waals surface area contributed by atoms with E-state index in [1.54, 1.807) is 31.4 Å². The van der Waals surface area contributed by atoms with E-state index in [0.717, 1.165) is 5.56 Å². The number of alkyl halides is 1. The van der Waals surface area contributed by atoms with Crippen LogP contribution in [0.4, 0.5) is 0 Å². The van der Waals surface area contributed by atoms with Crippen LogP contribution < -0.4 is 4.74 Å². The lowest BCUT2D eigenvalue weighted by molar-refractivity contribution is -0.112. The minimum absolute atomic E-state index is 0.0284. The van der Waals surface area contributed by atoms with E-state index in [-0.39, 0.29) is 11.7 Å². The van der Waals surface area contributed by atoms with E-state index in [1.165, 1.54) is 6.08 Å². The largest absolute Gasteiger partial charge is 0.496 e. The molecule has 1 rings (SSSR count). The third kappa shape index (κ3) is 3.57. The molecule has 2 nitrogen and oxygen atoms in total. The quantitative estimate of drug-likeness (QED) is 0.601. The number of methoxy groups -OCH3 is 1. The molecule has 0 saturated carbocycles. The molecule has 0 aliphatic rings. The van der Waals surface area contributed by atoms with Gasteiger partial charge in [0, 0.05) is 10.6 Å². The van der Waals surface area contributed by atoms with E-state index in [2.05, 4.69) is 0 Å². The van der Waals surface area contributed by atoms with Crippen LogP contribution in [0, 0.1) is 0 Å². The Bertz CT molecular complexity index is 386. The Kier molecular flexibility index (Phi) is 4.66. The van der Waals surface area contributed by atoms with Gasteiger partial charge in [-0.1, -0.05) is 11.6 Å². The van der Waals surface area contributed by atoms with Crippen LogP contribution >= 0.6 is 23.2 Å². The lowest BCUT2D eigenvalue weighted by Crippen LogP contribution is -1.92. The summed E-state index contributed by atoms with van der Waals surface area (Å²) < 4.78 is 5.11. The Morgan fingerprint density at radius 1 is 1.53 bits per heavy atom. The third-order valence-electron chi connectivity index (χ3n) is 1.77. The van der Waals surface area contributed by atoms with E-state index in [1.807, 2.05) is 0 Å². The molecule has 0 spiro atoms. The minimum Gasteiger partial charge on any atom is -0.496 e. The van der Waals surface area contributed by atoms with Crippen LogP contribution in [0.3, 0.4) is 0 Å². The van der Waals surface area contributed by atoms with Gasteiger partial charge in [-0.3, -0.25) is 4.79 Å². The summed E-state index contributed by atoms with van der Waals surface area (Å²) >= 11 is 11.2. The lowest BCUT2D eigenvalue weighted by atomic mass is 10.2. The molecule has 80 valence electrons. The van der Waals surface area contributed by atoms with Crippen molar-refractivity contribution in [2.45, 2.75) is 0 Å². The van der Waals surface area contributed by atoms with Gasteiger partial charge in [0.15, 0.2) is 5.78 Å². The van der Waals surface area contributed by atoms with Gasteiger partial charge in [-0.25, -0.2) is 0 Å². The predicted molar refractivity (Wildman–Crippen MR) is 62.8 cm³/mol. The van der Waals surface area contributed by atoms with E-state index < -0.39 is 0 Å². The number of benzene rings is 1. The Balaban J connectivity index is 2.96. The maximum Gasteiger partial charge on any atom is 0.170 e. The molecule has 0 saturated heterocycles. The average molecular weight is 245 g/mol. The molecule has 0 aliphatic heterocycles. The molecule has 4 heteroatoms. The van der Waals surface area contributed by atoms with E-state index in [9.17, 15) is 4.79 Å². The van der Waals surface area contributed by atoms with Gasteiger partial charge < -0.3 is 4.74 Å². The fourth-order valence-electron chi connectivity index (χ4n) is 1.06. The normalized spacial score (nSPS) is 10.6. The summed E-state index contributed by atoms with van der Waals surface area (Å²) in [5.74, 6) is 0.482. The maximum absolute atomic E-state index is 11.0. The van der Waals surface area contributed by atoms with Gasteiger partial charge in [0.05, 0.1) is 13.0 Å². The molecular weight excluding hydrogens is 235 g/mol. The molecular formula is C11H10Cl2O2. The number of carbonyl (C=O) groups is 1. The molecule has 0 heterocycles. The highest BCUT2D eigenvalue weighted by Crippen LogP contribution is 2.23. The van der Waals surface area contributed by atoms with Gasteiger partial charge in [-0.15, -0.1) is 11.6 Å². The Labute approximate surface area is 98.4 Å². The molecule has 0 amide bonds. The smallest absolute Gasteiger partial charge is 0.170 e. The summed E-state index contributed by atoms with van der Waals surface area (Å²) in [6.07, 6.45) is 3.04. The second kappa shape index (κ2) is 5.79. The zero-order chi connectivity index (χ0) is 11.3. The first-order chi connectivity index (χ1) is 7.17. The van der Waals surface area contributed by atoms with Gasteiger partial charge in [-0.05, 0) is 30.4 Å². The van der Waals surface area contributed by atoms with Crippen LogP contribution in [0.15, 0.2) is 24.3 Å². The number of rotatable bonds is 4. The van der Waals surface area contributed by atoms with Crippen molar-refractivity contribution in [2.24, 2.45) is 0 Å². The first-order valence-corrected chi connectivity index (χ1v) is 5.19. The first kappa shape index (κ1) is 12.1. The van der Waals surface area contributed by atoms with Crippen LogP contribution in [0.2, 0.25) is 5.02 Å². The topological polar surface area (TPSA) is 26.3 Å². The van der Waals surface area contributed by atoms with Crippen molar-refractivity contribution in [3.8, 4) is 5.75 Å². The van der Waals surface area contributed by atoms with Gasteiger partial charge in [0.1, 0.15) is 5.75 Å². The van der Waals surface area contributed by atoms with Crippen LogP contribution in [-0.4, -0.2) is 18.8 Å². The molecule has 0 bridgehead atoms. The molecule has 0 atom stereocenters. The Morgan fingerprint density at radius 3 is 2.87 bits per heavy atom. The maximum atomic E-state index is 11.0. The standard InChI is InChI=1S/C11H10Cl2O2/c1-15-11-5-3-9(13)6-8(11)2-4-10(14)7-12/h2-6H,7H2,1H3/b4-2+. The van der Waals surface area contributed by atoms with Gasteiger partial charge in [-0.2, -0.15) is 0 Å². The van der Waals surface area contributed by atoms with Crippen LogP contribution in [-0.2, 0) is 4.79 Å². The fourth-order valence-corrected chi connectivity index (χ4v) is 1.33. The predicted octanol–water partition coefficient (Wildman–Crippen LogP) is 3.17. The summed E-state index contributed by atoms with van der Waals surface area (Å²) in [5, 5.41) is 0.591. The molecule has 1 aromatic carbocycles. The average Bonchev–Trinajstić information content (AvgIpc) is 2.26. The lowest BCUT2D eigenvalue weighted by Gasteiger charge is -2.04. The molecule has 0 aromatic heterocycles. The van der Waals surface area contributed by atoms with Crippen molar-refractivity contribution in [2.75, 3.05) is 13.0 Å². The number of hydrogen-bond donors (Lipinski definition) is 0. The van der Waals surface area contributed by atoms with Crippen LogP contribution in [0.1, 0.15) is 5.56 Å². The van der Waals surface area contributed by atoms with Crippen molar-refractivity contribution in [3.05, 3.63) is 34.9 Å². The van der Waals surface area contributed by atoms with E-state index >= 15 is 0 Å². The summed E-state index contributed by atoms with van der Waals surface area (Å²) in [6.45, 7) is 0. The van der Waals surface area contributed by atoms with Gasteiger partial charge in [0.25, 0.3) is 0 Å². The SMILES string of the molecule is COc1ccc(Cl)cc1/C=C/C(=O)CCl. The molecule has 1 aromatic rings. The molecule has 15 heavy (non-hydrogen) atoms. The highest BCUT2D eigenvalue weighted by molar-refractivity contribution is 6.31. The monoisotopic (exact) mass is 244 g/mol. The summed E-state index contributed by atoms with van der Waals surface area (Å²) in [7, 11) is 1.56. The number of allylic oxidation sites excluding steroid dienone is 1. The van der Waals surface area contributed by atoms with Crippen molar-refractivity contribution < 1.29 is 9.53 Å². The zero-order valence-electron chi connectivity index (χ0n) is 8.17.